The average Bonchev–Trinajstić information content (AvgIpc) is 3.14. The number of hydrogen-bond donors (Lipinski definition) is 2. The second kappa shape index (κ2) is 5.25. The van der Waals surface area contributed by atoms with Crippen molar-refractivity contribution in [3.63, 3.8) is 0 Å². The zero-order valence-corrected chi connectivity index (χ0v) is 11.2. The first-order valence-electron chi connectivity index (χ1n) is 5.58. The largest absolute Gasteiger partial charge is 0.493 e. The molecule has 1 fully saturated rings. The van der Waals surface area contributed by atoms with Gasteiger partial charge in [-0.2, -0.15) is 0 Å². The average molecular weight is 302 g/mol. The van der Waals surface area contributed by atoms with Gasteiger partial charge in [-0.25, -0.2) is 0 Å². The van der Waals surface area contributed by atoms with Gasteiger partial charge in [-0.05, 0) is 46.5 Å². The van der Waals surface area contributed by atoms with E-state index in [-0.39, 0.29) is 6.54 Å². The number of ether oxygens (including phenoxy) is 2. The minimum atomic E-state index is -0.685. The van der Waals surface area contributed by atoms with Gasteiger partial charge >= 0.3 is 0 Å². The van der Waals surface area contributed by atoms with Gasteiger partial charge in [0, 0.05) is 6.54 Å². The predicted octanol–water partition coefficient (Wildman–Crippen LogP) is 1.99. The molecular weight excluding hydrogens is 286 g/mol. The van der Waals surface area contributed by atoms with E-state index in [0.717, 1.165) is 22.9 Å². The Morgan fingerprint density at radius 3 is 2.76 bits per heavy atom. The molecule has 1 aromatic carbocycles. The van der Waals surface area contributed by atoms with Crippen molar-refractivity contribution >= 4 is 15.9 Å². The molecule has 0 spiro atoms. The minimum absolute atomic E-state index is 0.179. The molecule has 94 valence electrons. The lowest BCUT2D eigenvalue weighted by atomic mass is 10.1. The lowest BCUT2D eigenvalue weighted by Crippen LogP contribution is -2.12. The molecule has 3 N–H and O–H groups in total. The van der Waals surface area contributed by atoms with Crippen LogP contribution in [-0.2, 0) is 0 Å². The Kier molecular flexibility index (Phi) is 3.91. The maximum absolute atomic E-state index is 9.72. The van der Waals surface area contributed by atoms with E-state index in [0.29, 0.717) is 17.6 Å². The summed E-state index contributed by atoms with van der Waals surface area (Å²) in [6.45, 7) is 0.179. The van der Waals surface area contributed by atoms with Crippen molar-refractivity contribution in [2.45, 2.75) is 25.0 Å². The van der Waals surface area contributed by atoms with Crippen LogP contribution in [0.1, 0.15) is 24.5 Å². The second-order valence-electron chi connectivity index (χ2n) is 4.10. The first-order chi connectivity index (χ1) is 8.15. The van der Waals surface area contributed by atoms with Crippen LogP contribution < -0.4 is 15.2 Å². The van der Waals surface area contributed by atoms with E-state index >= 15 is 0 Å². The molecule has 5 heteroatoms. The third-order valence-electron chi connectivity index (χ3n) is 2.67. The van der Waals surface area contributed by atoms with Crippen LogP contribution >= 0.6 is 15.9 Å². The Labute approximate surface area is 109 Å². The monoisotopic (exact) mass is 301 g/mol. The summed E-state index contributed by atoms with van der Waals surface area (Å²) in [4.78, 5) is 0. The van der Waals surface area contributed by atoms with Crippen molar-refractivity contribution in [2.24, 2.45) is 5.73 Å². The molecule has 1 aliphatic carbocycles. The maximum atomic E-state index is 9.72. The lowest BCUT2D eigenvalue weighted by molar-refractivity contribution is 0.186. The van der Waals surface area contributed by atoms with Crippen LogP contribution in [0.2, 0.25) is 0 Å². The van der Waals surface area contributed by atoms with Gasteiger partial charge in [-0.1, -0.05) is 0 Å². The smallest absolute Gasteiger partial charge is 0.175 e. The van der Waals surface area contributed by atoms with Gasteiger partial charge in [-0.3, -0.25) is 0 Å². The lowest BCUT2D eigenvalue weighted by Gasteiger charge is -2.16. The molecule has 1 saturated carbocycles. The number of aliphatic hydroxyl groups excluding tert-OH is 1. The van der Waals surface area contributed by atoms with E-state index in [1.54, 1.807) is 13.2 Å². The molecule has 0 bridgehead atoms. The second-order valence-corrected chi connectivity index (χ2v) is 4.96. The van der Waals surface area contributed by atoms with Gasteiger partial charge in [0.2, 0.25) is 0 Å². The summed E-state index contributed by atoms with van der Waals surface area (Å²) in [5.41, 5.74) is 6.16. The molecule has 17 heavy (non-hydrogen) atoms. The third-order valence-corrected chi connectivity index (χ3v) is 3.26. The van der Waals surface area contributed by atoms with E-state index in [9.17, 15) is 5.11 Å². The summed E-state index contributed by atoms with van der Waals surface area (Å²) in [5.74, 6) is 1.32. The fourth-order valence-corrected chi connectivity index (χ4v) is 2.09. The third kappa shape index (κ3) is 2.91. The van der Waals surface area contributed by atoms with Gasteiger partial charge in [0.1, 0.15) is 0 Å². The normalized spacial score (nSPS) is 16.7. The molecule has 0 saturated heterocycles. The summed E-state index contributed by atoms with van der Waals surface area (Å²) in [7, 11) is 1.58. The molecule has 0 heterocycles. The highest BCUT2D eigenvalue weighted by Gasteiger charge is 2.26. The molecule has 1 unspecified atom stereocenters. The molecule has 0 amide bonds. The first kappa shape index (κ1) is 12.7. The zero-order valence-electron chi connectivity index (χ0n) is 9.65. The topological polar surface area (TPSA) is 64.7 Å². The quantitative estimate of drug-likeness (QED) is 0.873. The molecule has 0 aliphatic heterocycles. The van der Waals surface area contributed by atoms with Gasteiger partial charge < -0.3 is 20.3 Å². The van der Waals surface area contributed by atoms with Crippen molar-refractivity contribution < 1.29 is 14.6 Å². The number of hydrogen-bond acceptors (Lipinski definition) is 4. The van der Waals surface area contributed by atoms with Crippen LogP contribution in [0, 0.1) is 0 Å². The first-order valence-corrected chi connectivity index (χ1v) is 6.37. The number of rotatable bonds is 5. The molecule has 2 rings (SSSR count). The van der Waals surface area contributed by atoms with Crippen LogP contribution in [0.3, 0.4) is 0 Å². The highest BCUT2D eigenvalue weighted by molar-refractivity contribution is 9.10. The van der Waals surface area contributed by atoms with Crippen LogP contribution in [0.15, 0.2) is 16.6 Å². The number of nitrogens with two attached hydrogens (primary N) is 1. The number of aliphatic hydroxyl groups is 1. The summed E-state index contributed by atoms with van der Waals surface area (Å²) >= 11 is 3.44. The Balaban J connectivity index is 2.31. The van der Waals surface area contributed by atoms with Crippen molar-refractivity contribution in [3.05, 3.63) is 22.2 Å². The van der Waals surface area contributed by atoms with E-state index in [2.05, 4.69) is 15.9 Å². The highest BCUT2D eigenvalue weighted by Crippen LogP contribution is 2.41. The molecule has 0 radical (unpaired) electrons. The van der Waals surface area contributed by atoms with Crippen molar-refractivity contribution in [2.75, 3.05) is 13.7 Å². The fraction of sp³-hybridized carbons (Fsp3) is 0.500. The molecule has 1 aliphatic rings. The Morgan fingerprint density at radius 1 is 1.53 bits per heavy atom. The summed E-state index contributed by atoms with van der Waals surface area (Å²) in [6, 6.07) is 3.58. The van der Waals surface area contributed by atoms with Crippen molar-refractivity contribution in [1.82, 2.24) is 0 Å². The van der Waals surface area contributed by atoms with Crippen molar-refractivity contribution in [1.29, 1.82) is 0 Å². The number of halogens is 1. The van der Waals surface area contributed by atoms with Crippen LogP contribution in [0.4, 0.5) is 0 Å². The van der Waals surface area contributed by atoms with Gasteiger partial charge in [-0.15, -0.1) is 0 Å². The summed E-state index contributed by atoms with van der Waals surface area (Å²) in [5, 5.41) is 9.72. The summed E-state index contributed by atoms with van der Waals surface area (Å²) < 4.78 is 11.8. The molecule has 4 nitrogen and oxygen atoms in total. The Hall–Kier alpha value is -0.780. The van der Waals surface area contributed by atoms with E-state index < -0.39 is 6.10 Å². The maximum Gasteiger partial charge on any atom is 0.175 e. The number of methoxy groups -OCH3 is 1. The van der Waals surface area contributed by atoms with Gasteiger partial charge in [0.25, 0.3) is 0 Å². The Morgan fingerprint density at radius 2 is 2.24 bits per heavy atom. The van der Waals surface area contributed by atoms with E-state index in [1.165, 1.54) is 0 Å². The minimum Gasteiger partial charge on any atom is -0.493 e. The van der Waals surface area contributed by atoms with E-state index in [4.69, 9.17) is 15.2 Å². The fourth-order valence-electron chi connectivity index (χ4n) is 1.54. The van der Waals surface area contributed by atoms with Crippen LogP contribution in [0.25, 0.3) is 0 Å². The van der Waals surface area contributed by atoms with E-state index in [1.807, 2.05) is 6.07 Å². The van der Waals surface area contributed by atoms with Crippen molar-refractivity contribution in [3.8, 4) is 11.5 Å². The van der Waals surface area contributed by atoms with Crippen LogP contribution in [-0.4, -0.2) is 24.9 Å². The van der Waals surface area contributed by atoms with Crippen LogP contribution in [0.5, 0.6) is 11.5 Å². The van der Waals surface area contributed by atoms with Gasteiger partial charge in [0.05, 0.1) is 23.8 Å². The molecule has 1 aromatic rings. The Bertz CT molecular complexity index is 407. The summed E-state index contributed by atoms with van der Waals surface area (Å²) in [6.07, 6.45) is 1.78. The highest BCUT2D eigenvalue weighted by atomic mass is 79.9. The molecule has 1 atom stereocenters. The molecular formula is C12H16BrNO3. The SMILES string of the molecule is COc1cc(C(O)CN)cc(Br)c1OC1CC1. The predicted molar refractivity (Wildman–Crippen MR) is 68.4 cm³/mol. The molecule has 0 aromatic heterocycles. The zero-order chi connectivity index (χ0) is 12.4. The van der Waals surface area contributed by atoms with Gasteiger partial charge in [0.15, 0.2) is 11.5 Å². The standard InChI is InChI=1S/C12H16BrNO3/c1-16-11-5-7(10(15)6-14)4-9(13)12(11)17-8-2-3-8/h4-5,8,10,15H,2-3,6,14H2,1H3. The number of benzene rings is 1.